The van der Waals surface area contributed by atoms with Crippen molar-refractivity contribution in [1.29, 1.82) is 0 Å². The van der Waals surface area contributed by atoms with Crippen LogP contribution >= 0.6 is 24.0 Å². The number of nitrogens with zero attached hydrogens (tertiary/aromatic N) is 4. The highest BCUT2D eigenvalue weighted by Crippen LogP contribution is 2.35. The van der Waals surface area contributed by atoms with Crippen LogP contribution in [0, 0.1) is 0 Å². The zero-order valence-electron chi connectivity index (χ0n) is 19.6. The number of anilines is 1. The van der Waals surface area contributed by atoms with Crippen molar-refractivity contribution < 1.29 is 23.5 Å². The summed E-state index contributed by atoms with van der Waals surface area (Å²) in [5.41, 5.74) is 0.0271. The van der Waals surface area contributed by atoms with Crippen molar-refractivity contribution >= 4 is 63.6 Å². The summed E-state index contributed by atoms with van der Waals surface area (Å²) in [5, 5.41) is 2.74. The van der Waals surface area contributed by atoms with Gasteiger partial charge in [0.05, 0.1) is 36.8 Å². The number of fused-ring (bicyclic) bond motifs is 1. The molecule has 0 unspecified atom stereocenters. The van der Waals surface area contributed by atoms with Crippen LogP contribution in [0.15, 0.2) is 56.9 Å². The number of thioether (sulfide) groups is 1. The van der Waals surface area contributed by atoms with Crippen LogP contribution in [0.1, 0.15) is 17.7 Å². The zero-order valence-corrected chi connectivity index (χ0v) is 21.2. The van der Waals surface area contributed by atoms with Crippen molar-refractivity contribution in [2.45, 2.75) is 19.0 Å². The maximum Gasteiger partial charge on any atom is 0.308 e. The average Bonchev–Trinajstić information content (AvgIpc) is 3.50. The van der Waals surface area contributed by atoms with E-state index in [1.807, 2.05) is 0 Å². The number of rotatable bonds is 6. The number of nitrogens with one attached hydrogen (secondary N) is 1. The molecule has 13 heteroatoms. The minimum absolute atomic E-state index is 0.103. The SMILES string of the molecule is COC(=O)C[C@H]1C(=O)NCCN1c1nc2ccccn2c(=O)c1/C=C1\SC(=S)N(Cc2ccco2)C1=O. The lowest BCUT2D eigenvalue weighted by Crippen LogP contribution is -2.57. The van der Waals surface area contributed by atoms with Gasteiger partial charge in [-0.1, -0.05) is 30.0 Å². The monoisotopic (exact) mass is 539 g/mol. The fourth-order valence-corrected chi connectivity index (χ4v) is 5.41. The van der Waals surface area contributed by atoms with Gasteiger partial charge in [0.25, 0.3) is 11.5 Å². The first-order valence-electron chi connectivity index (χ1n) is 11.3. The second kappa shape index (κ2) is 10.2. The lowest BCUT2D eigenvalue weighted by Gasteiger charge is -2.36. The summed E-state index contributed by atoms with van der Waals surface area (Å²) in [4.78, 5) is 59.6. The maximum atomic E-state index is 13.6. The predicted octanol–water partition coefficient (Wildman–Crippen LogP) is 1.56. The molecule has 2 fully saturated rings. The number of esters is 1. The molecular weight excluding hydrogens is 518 g/mol. The Morgan fingerprint density at radius 2 is 2.14 bits per heavy atom. The number of methoxy groups -OCH3 is 1. The van der Waals surface area contributed by atoms with Crippen LogP contribution in [-0.2, 0) is 25.7 Å². The molecule has 3 aromatic heterocycles. The van der Waals surface area contributed by atoms with Crippen LogP contribution in [0.2, 0.25) is 0 Å². The van der Waals surface area contributed by atoms with Gasteiger partial charge in [0.1, 0.15) is 27.6 Å². The van der Waals surface area contributed by atoms with Gasteiger partial charge in [-0.2, -0.15) is 0 Å². The molecule has 2 aliphatic heterocycles. The van der Waals surface area contributed by atoms with E-state index in [9.17, 15) is 19.2 Å². The number of thiocarbonyl (C=S) groups is 1. The second-order valence-electron chi connectivity index (χ2n) is 8.21. The van der Waals surface area contributed by atoms with E-state index in [0.717, 1.165) is 11.8 Å². The largest absolute Gasteiger partial charge is 0.469 e. The van der Waals surface area contributed by atoms with E-state index in [1.165, 1.54) is 28.7 Å². The van der Waals surface area contributed by atoms with Gasteiger partial charge in [-0.25, -0.2) is 4.98 Å². The van der Waals surface area contributed by atoms with E-state index in [2.05, 4.69) is 10.3 Å². The number of hydrogen-bond donors (Lipinski definition) is 1. The summed E-state index contributed by atoms with van der Waals surface area (Å²) in [5.74, 6) is -0.586. The van der Waals surface area contributed by atoms with Crippen LogP contribution in [0.5, 0.6) is 0 Å². The molecule has 2 amide bonds. The number of ether oxygens (including phenoxy) is 1. The number of carbonyl (C=O) groups is 3. The summed E-state index contributed by atoms with van der Waals surface area (Å²) in [6.07, 6.45) is 4.30. The molecule has 0 aromatic carbocycles. The highest BCUT2D eigenvalue weighted by atomic mass is 32.2. The smallest absolute Gasteiger partial charge is 0.308 e. The van der Waals surface area contributed by atoms with Crippen molar-refractivity contribution in [3.63, 3.8) is 0 Å². The highest BCUT2D eigenvalue weighted by molar-refractivity contribution is 8.26. The van der Waals surface area contributed by atoms with Crippen LogP contribution in [0.4, 0.5) is 5.82 Å². The number of carbonyl (C=O) groups excluding carboxylic acids is 3. The highest BCUT2D eigenvalue weighted by Gasteiger charge is 2.37. The van der Waals surface area contributed by atoms with Gasteiger partial charge in [-0.15, -0.1) is 0 Å². The van der Waals surface area contributed by atoms with E-state index in [-0.39, 0.29) is 47.6 Å². The van der Waals surface area contributed by atoms with E-state index in [1.54, 1.807) is 41.4 Å². The van der Waals surface area contributed by atoms with Crippen LogP contribution < -0.4 is 15.8 Å². The molecule has 5 heterocycles. The number of hydrogen-bond acceptors (Lipinski definition) is 10. The molecule has 11 nitrogen and oxygen atoms in total. The van der Waals surface area contributed by atoms with Crippen molar-refractivity contribution in [2.75, 3.05) is 25.1 Å². The van der Waals surface area contributed by atoms with Crippen LogP contribution in [0.25, 0.3) is 11.7 Å². The lowest BCUT2D eigenvalue weighted by molar-refractivity contribution is -0.143. The minimum atomic E-state index is -0.945. The van der Waals surface area contributed by atoms with Gasteiger partial charge in [0, 0.05) is 19.3 Å². The molecule has 0 aliphatic carbocycles. The average molecular weight is 540 g/mol. The number of piperazine rings is 1. The predicted molar refractivity (Wildman–Crippen MR) is 140 cm³/mol. The molecule has 0 bridgehead atoms. The third-order valence-electron chi connectivity index (χ3n) is 5.98. The molecule has 0 radical (unpaired) electrons. The summed E-state index contributed by atoms with van der Waals surface area (Å²) in [6, 6.07) is 7.60. The molecule has 1 N–H and O–H groups in total. The Bertz CT molecular complexity index is 1500. The van der Waals surface area contributed by atoms with Crippen molar-refractivity contribution in [3.05, 3.63) is 69.4 Å². The number of furan rings is 1. The van der Waals surface area contributed by atoms with E-state index in [0.29, 0.717) is 22.3 Å². The Balaban J connectivity index is 1.61. The molecule has 37 heavy (non-hydrogen) atoms. The van der Waals surface area contributed by atoms with Gasteiger partial charge in [0.15, 0.2) is 0 Å². The van der Waals surface area contributed by atoms with E-state index in [4.69, 9.17) is 21.4 Å². The minimum Gasteiger partial charge on any atom is -0.469 e. The normalized spacial score (nSPS) is 19.1. The molecule has 0 saturated carbocycles. The Kier molecular flexibility index (Phi) is 6.80. The Hall–Kier alpha value is -3.97. The molecule has 190 valence electrons. The van der Waals surface area contributed by atoms with Gasteiger partial charge in [-0.3, -0.25) is 28.5 Å². The third kappa shape index (κ3) is 4.74. The number of amides is 2. The van der Waals surface area contributed by atoms with Crippen molar-refractivity contribution in [1.82, 2.24) is 19.6 Å². The van der Waals surface area contributed by atoms with Gasteiger partial charge < -0.3 is 19.4 Å². The summed E-state index contributed by atoms with van der Waals surface area (Å²) in [6.45, 7) is 0.741. The summed E-state index contributed by atoms with van der Waals surface area (Å²) in [7, 11) is 1.24. The quantitative estimate of drug-likeness (QED) is 0.280. The fourth-order valence-electron chi connectivity index (χ4n) is 4.17. The topological polar surface area (TPSA) is 126 Å². The zero-order chi connectivity index (χ0) is 26.1. The Morgan fingerprint density at radius 1 is 1.30 bits per heavy atom. The molecule has 3 aromatic rings. The first-order valence-corrected chi connectivity index (χ1v) is 12.5. The third-order valence-corrected chi connectivity index (χ3v) is 7.36. The first kappa shape index (κ1) is 24.7. The number of aromatic nitrogens is 2. The fraction of sp³-hybridized carbons (Fsp3) is 0.250. The Morgan fingerprint density at radius 3 is 2.89 bits per heavy atom. The Labute approximate surface area is 220 Å². The van der Waals surface area contributed by atoms with Gasteiger partial charge >= 0.3 is 5.97 Å². The molecular formula is C24H21N5O6S2. The second-order valence-corrected chi connectivity index (χ2v) is 9.89. The van der Waals surface area contributed by atoms with Crippen molar-refractivity contribution in [2.24, 2.45) is 0 Å². The molecule has 2 aliphatic rings. The molecule has 2 saturated heterocycles. The van der Waals surface area contributed by atoms with Crippen LogP contribution in [0.3, 0.4) is 0 Å². The van der Waals surface area contributed by atoms with E-state index < -0.39 is 17.6 Å². The van der Waals surface area contributed by atoms with E-state index >= 15 is 0 Å². The number of pyridine rings is 1. The lowest BCUT2D eigenvalue weighted by atomic mass is 10.1. The van der Waals surface area contributed by atoms with Crippen LogP contribution in [-0.4, -0.2) is 62.6 Å². The van der Waals surface area contributed by atoms with Gasteiger partial charge in [-0.05, 0) is 30.3 Å². The molecule has 1 atom stereocenters. The van der Waals surface area contributed by atoms with Crippen molar-refractivity contribution in [3.8, 4) is 0 Å². The molecule has 5 rings (SSSR count). The summed E-state index contributed by atoms with van der Waals surface area (Å²) < 4.78 is 11.8. The molecule has 0 spiro atoms. The summed E-state index contributed by atoms with van der Waals surface area (Å²) >= 11 is 6.48. The maximum absolute atomic E-state index is 13.6. The standard InChI is InChI=1S/C24H21N5O6S2/c1-34-19(30)12-16-21(31)25-7-9-27(16)20-15(22(32)28-8-3-2-6-18(28)26-20)11-17-23(33)29(24(36)37-17)13-14-5-4-10-35-14/h2-6,8,10-11,16H,7,9,12-13H2,1H3,(H,25,31)/b17-11-/t16-/m0/s1. The first-order chi connectivity index (χ1) is 17.9. The van der Waals surface area contributed by atoms with Gasteiger partial charge in [0.2, 0.25) is 5.91 Å².